The van der Waals surface area contributed by atoms with Gasteiger partial charge in [0.25, 0.3) is 0 Å². The number of amides is 1. The molecule has 0 aliphatic rings. The molecular formula is C25H24ClN5O2S. The maximum atomic E-state index is 12.6. The van der Waals surface area contributed by atoms with Gasteiger partial charge in [0.2, 0.25) is 5.91 Å². The van der Waals surface area contributed by atoms with Crippen LogP contribution in [-0.4, -0.2) is 33.5 Å². The molecule has 2 N–H and O–H groups in total. The quantitative estimate of drug-likeness (QED) is 0.296. The number of para-hydroxylation sites is 1. The van der Waals surface area contributed by atoms with Crippen LogP contribution in [0.15, 0.2) is 78.0 Å². The minimum Gasteiger partial charge on any atom is -0.495 e. The molecule has 0 fully saturated rings. The normalized spacial score (nSPS) is 10.7. The summed E-state index contributed by atoms with van der Waals surface area (Å²) >= 11 is 7.47. The average Bonchev–Trinajstić information content (AvgIpc) is 3.26. The van der Waals surface area contributed by atoms with Crippen molar-refractivity contribution >= 4 is 40.6 Å². The standard InChI is InChI=1S/C25H24ClN5O2S/c1-17-8-10-18(11-9-17)27-15-23-29-30-25(31(23)20-6-4-3-5-7-20)34-16-24(32)28-19-12-13-22(33-2)21(26)14-19/h3-14,27H,15-16H2,1-2H3,(H,28,32). The summed E-state index contributed by atoms with van der Waals surface area (Å²) in [6.45, 7) is 2.54. The maximum Gasteiger partial charge on any atom is 0.234 e. The van der Waals surface area contributed by atoms with Crippen molar-refractivity contribution in [2.75, 3.05) is 23.5 Å². The van der Waals surface area contributed by atoms with Gasteiger partial charge in [0, 0.05) is 17.1 Å². The Hall–Kier alpha value is -3.49. The van der Waals surface area contributed by atoms with Gasteiger partial charge in [-0.3, -0.25) is 9.36 Å². The van der Waals surface area contributed by atoms with Crippen LogP contribution in [0.2, 0.25) is 5.02 Å². The van der Waals surface area contributed by atoms with Gasteiger partial charge < -0.3 is 15.4 Å². The molecule has 3 aromatic carbocycles. The number of ether oxygens (including phenoxy) is 1. The van der Waals surface area contributed by atoms with E-state index in [1.807, 2.05) is 47.0 Å². The van der Waals surface area contributed by atoms with Crippen molar-refractivity contribution in [2.24, 2.45) is 0 Å². The number of anilines is 2. The zero-order valence-electron chi connectivity index (χ0n) is 18.8. The third kappa shape index (κ3) is 5.89. The van der Waals surface area contributed by atoms with E-state index in [-0.39, 0.29) is 11.7 Å². The summed E-state index contributed by atoms with van der Waals surface area (Å²) in [6, 6.07) is 23.1. The second-order valence-corrected chi connectivity index (χ2v) is 8.83. The molecule has 0 radical (unpaired) electrons. The molecule has 1 aromatic heterocycles. The lowest BCUT2D eigenvalue weighted by atomic mass is 10.2. The number of nitrogens with zero attached hydrogens (tertiary/aromatic N) is 3. The van der Waals surface area contributed by atoms with Gasteiger partial charge in [-0.1, -0.05) is 59.3 Å². The molecule has 0 unspecified atom stereocenters. The first-order valence-electron chi connectivity index (χ1n) is 10.6. The highest BCUT2D eigenvalue weighted by Gasteiger charge is 2.16. The zero-order valence-corrected chi connectivity index (χ0v) is 20.4. The molecule has 0 spiro atoms. The van der Waals surface area contributed by atoms with Gasteiger partial charge in [0.05, 0.1) is 24.4 Å². The lowest BCUT2D eigenvalue weighted by Gasteiger charge is -2.12. The summed E-state index contributed by atoms with van der Waals surface area (Å²) < 4.78 is 7.11. The van der Waals surface area contributed by atoms with E-state index in [0.717, 1.165) is 17.2 Å². The molecule has 4 aromatic rings. The average molecular weight is 494 g/mol. The molecule has 9 heteroatoms. The number of halogens is 1. The van der Waals surface area contributed by atoms with Crippen LogP contribution < -0.4 is 15.4 Å². The molecule has 0 aliphatic carbocycles. The molecule has 0 saturated heterocycles. The van der Waals surface area contributed by atoms with Crippen LogP contribution in [0.4, 0.5) is 11.4 Å². The first-order chi connectivity index (χ1) is 16.5. The number of nitrogens with one attached hydrogen (secondary N) is 2. The number of carbonyl (C=O) groups excluding carboxylic acids is 1. The second kappa shape index (κ2) is 11.1. The van der Waals surface area contributed by atoms with E-state index >= 15 is 0 Å². The van der Waals surface area contributed by atoms with E-state index in [0.29, 0.717) is 28.2 Å². The Labute approximate surface area is 207 Å². The Kier molecular flexibility index (Phi) is 7.72. The van der Waals surface area contributed by atoms with Crippen LogP contribution in [0.5, 0.6) is 5.75 Å². The van der Waals surface area contributed by atoms with Crippen LogP contribution in [0.1, 0.15) is 11.4 Å². The van der Waals surface area contributed by atoms with E-state index in [2.05, 4.69) is 39.9 Å². The van der Waals surface area contributed by atoms with Crippen molar-refractivity contribution in [2.45, 2.75) is 18.6 Å². The Bertz CT molecular complexity index is 1260. The van der Waals surface area contributed by atoms with Crippen LogP contribution in [-0.2, 0) is 11.3 Å². The lowest BCUT2D eigenvalue weighted by molar-refractivity contribution is -0.113. The predicted molar refractivity (Wildman–Crippen MR) is 137 cm³/mol. The number of aryl methyl sites for hydroxylation is 1. The van der Waals surface area contributed by atoms with E-state index in [9.17, 15) is 4.79 Å². The van der Waals surface area contributed by atoms with Gasteiger partial charge >= 0.3 is 0 Å². The molecule has 0 atom stereocenters. The number of hydrogen-bond donors (Lipinski definition) is 2. The summed E-state index contributed by atoms with van der Waals surface area (Å²) in [5, 5.41) is 16.0. The fourth-order valence-corrected chi connectivity index (χ4v) is 4.30. The molecule has 1 heterocycles. The smallest absolute Gasteiger partial charge is 0.234 e. The zero-order chi connectivity index (χ0) is 23.9. The third-order valence-electron chi connectivity index (χ3n) is 4.98. The lowest BCUT2D eigenvalue weighted by Crippen LogP contribution is -2.15. The first-order valence-corrected chi connectivity index (χ1v) is 12.0. The Balaban J connectivity index is 1.47. The molecule has 0 saturated carbocycles. The summed E-state index contributed by atoms with van der Waals surface area (Å²) in [6.07, 6.45) is 0. The monoisotopic (exact) mass is 493 g/mol. The first kappa shape index (κ1) is 23.7. The molecule has 4 rings (SSSR count). The largest absolute Gasteiger partial charge is 0.495 e. The van der Waals surface area contributed by atoms with Crippen molar-refractivity contribution in [3.05, 3.63) is 89.2 Å². The predicted octanol–water partition coefficient (Wildman–Crippen LogP) is 5.58. The number of rotatable bonds is 9. The minimum atomic E-state index is -0.173. The van der Waals surface area contributed by atoms with Gasteiger partial charge in [-0.25, -0.2) is 0 Å². The molecule has 0 aliphatic heterocycles. The molecular weight excluding hydrogens is 470 g/mol. The SMILES string of the molecule is COc1ccc(NC(=O)CSc2nnc(CNc3ccc(C)cc3)n2-c2ccccc2)cc1Cl. The topological polar surface area (TPSA) is 81.1 Å². The fraction of sp³-hybridized carbons (Fsp3) is 0.160. The van der Waals surface area contributed by atoms with E-state index in [1.165, 1.54) is 17.3 Å². The highest BCUT2D eigenvalue weighted by atomic mass is 35.5. The van der Waals surface area contributed by atoms with Gasteiger partial charge in [-0.15, -0.1) is 10.2 Å². The van der Waals surface area contributed by atoms with Gasteiger partial charge in [0.15, 0.2) is 11.0 Å². The number of carbonyl (C=O) groups is 1. The Morgan fingerprint density at radius 3 is 2.47 bits per heavy atom. The van der Waals surface area contributed by atoms with Crippen LogP contribution in [0.25, 0.3) is 5.69 Å². The number of benzene rings is 3. The highest BCUT2D eigenvalue weighted by Crippen LogP contribution is 2.28. The molecule has 174 valence electrons. The number of hydrogen-bond acceptors (Lipinski definition) is 6. The number of methoxy groups -OCH3 is 1. The van der Waals surface area contributed by atoms with Crippen LogP contribution >= 0.6 is 23.4 Å². The maximum absolute atomic E-state index is 12.6. The summed E-state index contributed by atoms with van der Waals surface area (Å²) in [5.74, 6) is 1.29. The second-order valence-electron chi connectivity index (χ2n) is 7.48. The van der Waals surface area contributed by atoms with Crippen LogP contribution in [0.3, 0.4) is 0 Å². The van der Waals surface area contributed by atoms with Gasteiger partial charge in [-0.2, -0.15) is 0 Å². The number of aromatic nitrogens is 3. The summed E-state index contributed by atoms with van der Waals surface area (Å²) in [7, 11) is 1.55. The van der Waals surface area contributed by atoms with Gasteiger partial charge in [0.1, 0.15) is 5.75 Å². The van der Waals surface area contributed by atoms with Gasteiger partial charge in [-0.05, 0) is 49.4 Å². The molecule has 0 bridgehead atoms. The number of thioether (sulfide) groups is 1. The highest BCUT2D eigenvalue weighted by molar-refractivity contribution is 7.99. The van der Waals surface area contributed by atoms with E-state index < -0.39 is 0 Å². The molecule has 34 heavy (non-hydrogen) atoms. The summed E-state index contributed by atoms with van der Waals surface area (Å²) in [4.78, 5) is 12.6. The van der Waals surface area contributed by atoms with E-state index in [4.69, 9.17) is 16.3 Å². The summed E-state index contributed by atoms with van der Waals surface area (Å²) in [5.41, 5.74) is 3.73. The van der Waals surface area contributed by atoms with Crippen LogP contribution in [0, 0.1) is 6.92 Å². The third-order valence-corrected chi connectivity index (χ3v) is 6.21. The van der Waals surface area contributed by atoms with Crippen molar-refractivity contribution in [3.8, 4) is 11.4 Å². The van der Waals surface area contributed by atoms with Crippen molar-refractivity contribution in [1.29, 1.82) is 0 Å². The Morgan fingerprint density at radius 1 is 1.03 bits per heavy atom. The minimum absolute atomic E-state index is 0.167. The Morgan fingerprint density at radius 2 is 1.76 bits per heavy atom. The van der Waals surface area contributed by atoms with E-state index in [1.54, 1.807) is 25.3 Å². The van der Waals surface area contributed by atoms with Crippen molar-refractivity contribution in [3.63, 3.8) is 0 Å². The van der Waals surface area contributed by atoms with Crippen molar-refractivity contribution in [1.82, 2.24) is 14.8 Å². The fourth-order valence-electron chi connectivity index (χ4n) is 3.27. The molecule has 7 nitrogen and oxygen atoms in total. The molecule has 1 amide bonds. The van der Waals surface area contributed by atoms with Crippen molar-refractivity contribution < 1.29 is 9.53 Å².